The molecule has 0 spiro atoms. The molecule has 0 bridgehead atoms. The summed E-state index contributed by atoms with van der Waals surface area (Å²) in [5.74, 6) is -0.231. The fraction of sp³-hybridized carbons (Fsp3) is 0.182. The number of rotatable bonds is 1. The van der Waals surface area contributed by atoms with Crippen LogP contribution >= 0.6 is 0 Å². The van der Waals surface area contributed by atoms with Crippen molar-refractivity contribution in [2.45, 2.75) is 13.3 Å². The molecule has 2 nitrogen and oxygen atoms in total. The van der Waals surface area contributed by atoms with Crippen molar-refractivity contribution in [1.82, 2.24) is 4.98 Å². The molecule has 5 heteroatoms. The van der Waals surface area contributed by atoms with Crippen LogP contribution in [0.4, 0.5) is 13.2 Å². The van der Waals surface area contributed by atoms with Crippen LogP contribution in [0.3, 0.4) is 0 Å². The fourth-order valence-electron chi connectivity index (χ4n) is 1.40. The van der Waals surface area contributed by atoms with Crippen LogP contribution in [0.15, 0.2) is 30.3 Å². The van der Waals surface area contributed by atoms with Gasteiger partial charge in [-0.1, -0.05) is 6.07 Å². The van der Waals surface area contributed by atoms with Gasteiger partial charge in [-0.05, 0) is 31.2 Å². The largest absolute Gasteiger partial charge is 0.573 e. The van der Waals surface area contributed by atoms with E-state index in [4.69, 9.17) is 0 Å². The number of aromatic nitrogens is 1. The molecule has 0 saturated carbocycles. The van der Waals surface area contributed by atoms with Gasteiger partial charge in [-0.3, -0.25) is 4.98 Å². The summed E-state index contributed by atoms with van der Waals surface area (Å²) in [6, 6.07) is 7.52. The average molecular weight is 227 g/mol. The summed E-state index contributed by atoms with van der Waals surface area (Å²) in [6.07, 6.45) is -4.66. The third kappa shape index (κ3) is 2.42. The first-order valence-electron chi connectivity index (χ1n) is 4.57. The van der Waals surface area contributed by atoms with Crippen LogP contribution in [0.25, 0.3) is 10.9 Å². The van der Waals surface area contributed by atoms with Crippen molar-refractivity contribution in [2.75, 3.05) is 0 Å². The molecule has 1 aromatic carbocycles. The van der Waals surface area contributed by atoms with Gasteiger partial charge in [0.25, 0.3) is 0 Å². The van der Waals surface area contributed by atoms with Gasteiger partial charge in [0.15, 0.2) is 0 Å². The Bertz CT molecular complexity index is 522. The zero-order valence-electron chi connectivity index (χ0n) is 8.38. The standard InChI is InChI=1S/C11H8F3NO/c1-7-2-3-8-6-9(16-11(12,13)14)4-5-10(8)15-7/h2-6H,1H3. The molecule has 2 rings (SSSR count). The Balaban J connectivity index is 2.41. The van der Waals surface area contributed by atoms with Crippen LogP contribution in [0.5, 0.6) is 5.75 Å². The first kappa shape index (κ1) is 10.7. The van der Waals surface area contributed by atoms with Crippen LogP contribution in [0.1, 0.15) is 5.69 Å². The molecule has 0 unspecified atom stereocenters. The number of hydrogen-bond acceptors (Lipinski definition) is 2. The van der Waals surface area contributed by atoms with Crippen molar-refractivity contribution >= 4 is 10.9 Å². The van der Waals surface area contributed by atoms with Crippen molar-refractivity contribution in [1.29, 1.82) is 0 Å². The lowest BCUT2D eigenvalue weighted by Gasteiger charge is -2.09. The predicted octanol–water partition coefficient (Wildman–Crippen LogP) is 3.44. The molecule has 84 valence electrons. The highest BCUT2D eigenvalue weighted by Gasteiger charge is 2.31. The van der Waals surface area contributed by atoms with E-state index < -0.39 is 6.36 Å². The van der Waals surface area contributed by atoms with Gasteiger partial charge in [-0.15, -0.1) is 13.2 Å². The van der Waals surface area contributed by atoms with Crippen LogP contribution in [0, 0.1) is 6.92 Å². The Kier molecular flexibility index (Phi) is 2.46. The molecule has 0 radical (unpaired) electrons. The summed E-state index contributed by atoms with van der Waals surface area (Å²) >= 11 is 0. The normalized spacial score (nSPS) is 11.8. The predicted molar refractivity (Wildman–Crippen MR) is 53.2 cm³/mol. The minimum atomic E-state index is -4.66. The molecule has 0 atom stereocenters. The van der Waals surface area contributed by atoms with Crippen molar-refractivity contribution < 1.29 is 17.9 Å². The lowest BCUT2D eigenvalue weighted by Crippen LogP contribution is -2.17. The number of pyridine rings is 1. The molecular formula is C11H8F3NO. The molecule has 1 aromatic heterocycles. The van der Waals surface area contributed by atoms with Gasteiger partial charge in [-0.25, -0.2) is 0 Å². The number of ether oxygens (including phenoxy) is 1. The van der Waals surface area contributed by atoms with Crippen LogP contribution in [-0.4, -0.2) is 11.3 Å². The number of benzene rings is 1. The van der Waals surface area contributed by atoms with Crippen molar-refractivity contribution in [3.63, 3.8) is 0 Å². The second kappa shape index (κ2) is 3.66. The van der Waals surface area contributed by atoms with E-state index in [1.165, 1.54) is 18.2 Å². The number of hydrogen-bond donors (Lipinski definition) is 0. The Morgan fingerprint density at radius 3 is 2.56 bits per heavy atom. The second-order valence-electron chi connectivity index (χ2n) is 3.35. The molecule has 1 heterocycles. The third-order valence-electron chi connectivity index (χ3n) is 2.03. The molecule has 0 N–H and O–H groups in total. The molecule has 0 saturated heterocycles. The maximum atomic E-state index is 12.0. The quantitative estimate of drug-likeness (QED) is 0.744. The first-order chi connectivity index (χ1) is 7.44. The van der Waals surface area contributed by atoms with Crippen molar-refractivity contribution in [3.05, 3.63) is 36.0 Å². The minimum absolute atomic E-state index is 0.231. The summed E-state index contributed by atoms with van der Waals surface area (Å²) < 4.78 is 39.7. The monoisotopic (exact) mass is 227 g/mol. The lowest BCUT2D eigenvalue weighted by molar-refractivity contribution is -0.274. The Morgan fingerprint density at radius 1 is 1.12 bits per heavy atom. The van der Waals surface area contributed by atoms with Crippen LogP contribution < -0.4 is 4.74 Å². The highest BCUT2D eigenvalue weighted by atomic mass is 19.4. The van der Waals surface area contributed by atoms with Gasteiger partial charge in [0, 0.05) is 11.1 Å². The van der Waals surface area contributed by atoms with Gasteiger partial charge in [0.1, 0.15) is 5.75 Å². The van der Waals surface area contributed by atoms with E-state index >= 15 is 0 Å². The maximum absolute atomic E-state index is 12.0. The highest BCUT2D eigenvalue weighted by molar-refractivity contribution is 5.80. The van der Waals surface area contributed by atoms with E-state index in [2.05, 4.69) is 9.72 Å². The molecule has 0 amide bonds. The summed E-state index contributed by atoms with van der Waals surface area (Å²) in [5.41, 5.74) is 1.46. The Hall–Kier alpha value is -1.78. The lowest BCUT2D eigenvalue weighted by atomic mass is 10.2. The highest BCUT2D eigenvalue weighted by Crippen LogP contribution is 2.25. The van der Waals surface area contributed by atoms with Crippen molar-refractivity contribution in [3.8, 4) is 5.75 Å². The third-order valence-corrected chi connectivity index (χ3v) is 2.03. The minimum Gasteiger partial charge on any atom is -0.406 e. The maximum Gasteiger partial charge on any atom is 0.573 e. The SMILES string of the molecule is Cc1ccc2cc(OC(F)(F)F)ccc2n1. The van der Waals surface area contributed by atoms with Gasteiger partial charge in [0.2, 0.25) is 0 Å². The molecule has 0 aliphatic rings. The number of alkyl halides is 3. The van der Waals surface area contributed by atoms with Gasteiger partial charge < -0.3 is 4.74 Å². The second-order valence-corrected chi connectivity index (χ2v) is 3.35. The van der Waals surface area contributed by atoms with Gasteiger partial charge >= 0.3 is 6.36 Å². The number of nitrogens with zero attached hydrogens (tertiary/aromatic N) is 1. The van der Waals surface area contributed by atoms with Crippen LogP contribution in [-0.2, 0) is 0 Å². The zero-order valence-corrected chi connectivity index (χ0v) is 8.38. The molecular weight excluding hydrogens is 219 g/mol. The number of halogens is 3. The van der Waals surface area contributed by atoms with E-state index in [-0.39, 0.29) is 5.75 Å². The molecule has 2 aromatic rings. The molecule has 0 fully saturated rings. The van der Waals surface area contributed by atoms with E-state index in [1.54, 1.807) is 12.1 Å². The van der Waals surface area contributed by atoms with E-state index in [0.717, 1.165) is 5.69 Å². The van der Waals surface area contributed by atoms with E-state index in [1.807, 2.05) is 6.92 Å². The summed E-state index contributed by atoms with van der Waals surface area (Å²) in [4.78, 5) is 4.18. The van der Waals surface area contributed by atoms with Gasteiger partial charge in [0.05, 0.1) is 5.52 Å². The summed E-state index contributed by atoms with van der Waals surface area (Å²) in [5, 5.41) is 0.618. The number of fused-ring (bicyclic) bond motifs is 1. The summed E-state index contributed by atoms with van der Waals surface area (Å²) in [7, 11) is 0. The van der Waals surface area contributed by atoms with Crippen LogP contribution in [0.2, 0.25) is 0 Å². The first-order valence-corrected chi connectivity index (χ1v) is 4.57. The number of aryl methyl sites for hydroxylation is 1. The average Bonchev–Trinajstić information content (AvgIpc) is 2.16. The zero-order chi connectivity index (χ0) is 11.8. The smallest absolute Gasteiger partial charge is 0.406 e. The Morgan fingerprint density at radius 2 is 1.88 bits per heavy atom. The molecule has 0 aliphatic carbocycles. The molecule has 0 aliphatic heterocycles. The van der Waals surface area contributed by atoms with E-state index in [0.29, 0.717) is 10.9 Å². The fourth-order valence-corrected chi connectivity index (χ4v) is 1.40. The summed E-state index contributed by atoms with van der Waals surface area (Å²) in [6.45, 7) is 1.82. The van der Waals surface area contributed by atoms with Gasteiger partial charge in [-0.2, -0.15) is 0 Å². The van der Waals surface area contributed by atoms with E-state index in [9.17, 15) is 13.2 Å². The topological polar surface area (TPSA) is 22.1 Å². The Labute approximate surface area is 89.7 Å². The van der Waals surface area contributed by atoms with Crippen molar-refractivity contribution in [2.24, 2.45) is 0 Å². The molecule has 16 heavy (non-hydrogen) atoms.